The number of carboxylic acids is 1. The Kier molecular flexibility index (Phi) is 7.05. The fraction of sp³-hybridized carbons (Fsp3) is 0.385. The Hall–Kier alpha value is -3.10. The van der Waals surface area contributed by atoms with Gasteiger partial charge in [0.25, 0.3) is 0 Å². The zero-order valence-corrected chi connectivity index (χ0v) is 20.7. The summed E-state index contributed by atoms with van der Waals surface area (Å²) in [4.78, 5) is 31.0. The van der Waals surface area contributed by atoms with Gasteiger partial charge in [-0.25, -0.2) is 4.79 Å². The molecule has 1 aliphatic carbocycles. The number of nitrogens with zero attached hydrogens (tertiary/aromatic N) is 4. The highest BCUT2D eigenvalue weighted by Gasteiger charge is 2.32. The number of hydrogen-bond donors (Lipinski definition) is 1. The van der Waals surface area contributed by atoms with Gasteiger partial charge in [0.05, 0.1) is 5.52 Å². The molecule has 0 atom stereocenters. The van der Waals surface area contributed by atoms with Crippen LogP contribution in [0.5, 0.6) is 0 Å². The van der Waals surface area contributed by atoms with Crippen molar-refractivity contribution in [2.45, 2.75) is 25.4 Å². The molecule has 1 aromatic heterocycles. The highest BCUT2D eigenvalue weighted by atomic mass is 35.5. The Morgan fingerprint density at radius 3 is 2.29 bits per heavy atom. The standard InChI is InChI=1S/C26H29FN4O3.ClH/c1-28(2)18-5-3-17(4-6-18)16-29-11-13-30(14-12-29)20-9-10-21-22(15-20)31(19-7-8-19)25(27)23(24(21)32)26(33)34;/h3-6,9-10,15,19H,7-8,11-14,16H2,1-2H3,(H,33,34);1H. The zero-order valence-electron chi connectivity index (χ0n) is 19.9. The number of halogens is 2. The molecule has 0 bridgehead atoms. The molecule has 0 unspecified atom stereocenters. The number of pyridine rings is 1. The average Bonchev–Trinajstić information content (AvgIpc) is 3.65. The minimum Gasteiger partial charge on any atom is -0.477 e. The molecule has 0 radical (unpaired) electrons. The topological polar surface area (TPSA) is 69.0 Å². The van der Waals surface area contributed by atoms with Crippen LogP contribution in [0.4, 0.5) is 15.8 Å². The van der Waals surface area contributed by atoms with E-state index < -0.39 is 22.9 Å². The number of benzene rings is 2. The molecule has 3 aromatic rings. The molecule has 2 heterocycles. The molecule has 9 heteroatoms. The summed E-state index contributed by atoms with van der Waals surface area (Å²) in [6.45, 7) is 4.34. The van der Waals surface area contributed by atoms with Crippen molar-refractivity contribution in [2.75, 3.05) is 50.1 Å². The number of fused-ring (bicyclic) bond motifs is 1. The number of aromatic nitrogens is 1. The van der Waals surface area contributed by atoms with Crippen LogP contribution in [0.2, 0.25) is 0 Å². The molecule has 1 aliphatic heterocycles. The van der Waals surface area contributed by atoms with Crippen LogP contribution in [0.15, 0.2) is 47.3 Å². The van der Waals surface area contributed by atoms with Crippen LogP contribution in [0.1, 0.15) is 34.8 Å². The summed E-state index contributed by atoms with van der Waals surface area (Å²) in [5.74, 6) is -2.45. The summed E-state index contributed by atoms with van der Waals surface area (Å²) in [6, 6.07) is 13.9. The van der Waals surface area contributed by atoms with Crippen LogP contribution in [-0.4, -0.2) is 60.8 Å². The lowest BCUT2D eigenvalue weighted by Gasteiger charge is -2.36. The van der Waals surface area contributed by atoms with Gasteiger partial charge in [-0.05, 0) is 48.7 Å². The van der Waals surface area contributed by atoms with E-state index in [2.05, 4.69) is 39.0 Å². The van der Waals surface area contributed by atoms with Crippen molar-refractivity contribution in [3.8, 4) is 0 Å². The van der Waals surface area contributed by atoms with Crippen LogP contribution in [0.25, 0.3) is 10.9 Å². The van der Waals surface area contributed by atoms with E-state index in [9.17, 15) is 14.7 Å². The number of hydrogen-bond acceptors (Lipinski definition) is 5. The Morgan fingerprint density at radius 2 is 1.71 bits per heavy atom. The van der Waals surface area contributed by atoms with E-state index in [-0.39, 0.29) is 23.8 Å². The third-order valence-electron chi connectivity index (χ3n) is 6.85. The summed E-state index contributed by atoms with van der Waals surface area (Å²) in [7, 11) is 4.06. The normalized spacial score (nSPS) is 16.3. The second-order valence-electron chi connectivity index (χ2n) is 9.43. The summed E-state index contributed by atoms with van der Waals surface area (Å²) in [5.41, 5.74) is 2.35. The molecule has 5 rings (SSSR count). The molecule has 35 heavy (non-hydrogen) atoms. The highest BCUT2D eigenvalue weighted by Crippen LogP contribution is 2.39. The number of piperazine rings is 1. The van der Waals surface area contributed by atoms with Gasteiger partial charge < -0.3 is 19.5 Å². The average molecular weight is 501 g/mol. The lowest BCUT2D eigenvalue weighted by atomic mass is 10.1. The molecule has 2 fully saturated rings. The van der Waals surface area contributed by atoms with Gasteiger partial charge in [-0.15, -0.1) is 12.4 Å². The van der Waals surface area contributed by atoms with Crippen molar-refractivity contribution in [1.82, 2.24) is 9.47 Å². The van der Waals surface area contributed by atoms with Gasteiger partial charge in [0.1, 0.15) is 0 Å². The van der Waals surface area contributed by atoms with Gasteiger partial charge in [-0.2, -0.15) is 4.39 Å². The monoisotopic (exact) mass is 500 g/mol. The first-order chi connectivity index (χ1) is 16.3. The van der Waals surface area contributed by atoms with Crippen molar-refractivity contribution >= 4 is 40.7 Å². The Bertz CT molecular complexity index is 1300. The molecular formula is C26H30ClFN4O3. The number of carbonyl (C=O) groups is 1. The molecule has 186 valence electrons. The predicted octanol–water partition coefficient (Wildman–Crippen LogP) is 3.98. The maximum atomic E-state index is 15.1. The largest absolute Gasteiger partial charge is 0.477 e. The summed E-state index contributed by atoms with van der Waals surface area (Å²) in [5, 5.41) is 9.65. The second kappa shape index (κ2) is 9.87. The summed E-state index contributed by atoms with van der Waals surface area (Å²) < 4.78 is 16.5. The first-order valence-electron chi connectivity index (χ1n) is 11.7. The van der Waals surface area contributed by atoms with E-state index in [1.165, 1.54) is 15.8 Å². The SMILES string of the molecule is CN(C)c1ccc(CN2CCN(c3ccc4c(=O)c(C(=O)O)c(F)n(C5CC5)c4c3)CC2)cc1.Cl. The minimum atomic E-state index is -1.52. The van der Waals surface area contributed by atoms with Crippen molar-refractivity contribution in [3.63, 3.8) is 0 Å². The van der Waals surface area contributed by atoms with Crippen LogP contribution in [0.3, 0.4) is 0 Å². The van der Waals surface area contributed by atoms with Gasteiger partial charge >= 0.3 is 5.97 Å². The van der Waals surface area contributed by atoms with Crippen LogP contribution in [0, 0.1) is 5.95 Å². The van der Waals surface area contributed by atoms with E-state index in [1.54, 1.807) is 6.07 Å². The van der Waals surface area contributed by atoms with Crippen LogP contribution < -0.4 is 15.2 Å². The van der Waals surface area contributed by atoms with Gasteiger partial charge in [-0.3, -0.25) is 9.69 Å². The van der Waals surface area contributed by atoms with E-state index in [4.69, 9.17) is 0 Å². The van der Waals surface area contributed by atoms with E-state index in [0.29, 0.717) is 5.52 Å². The molecular weight excluding hydrogens is 471 g/mol. The maximum absolute atomic E-state index is 15.1. The number of anilines is 2. The number of aromatic carboxylic acids is 1. The van der Waals surface area contributed by atoms with Crippen molar-refractivity contribution < 1.29 is 14.3 Å². The third-order valence-corrected chi connectivity index (χ3v) is 6.85. The lowest BCUT2D eigenvalue weighted by molar-refractivity contribution is 0.0688. The summed E-state index contributed by atoms with van der Waals surface area (Å²) in [6.07, 6.45) is 1.57. The van der Waals surface area contributed by atoms with Gasteiger partial charge in [0.2, 0.25) is 11.4 Å². The van der Waals surface area contributed by atoms with Gasteiger partial charge in [-0.1, -0.05) is 12.1 Å². The molecule has 2 aromatic carbocycles. The van der Waals surface area contributed by atoms with Crippen molar-refractivity contribution in [1.29, 1.82) is 0 Å². The maximum Gasteiger partial charge on any atom is 0.344 e. The van der Waals surface area contributed by atoms with Crippen molar-refractivity contribution in [2.24, 2.45) is 0 Å². The van der Waals surface area contributed by atoms with Crippen LogP contribution in [-0.2, 0) is 6.54 Å². The minimum absolute atomic E-state index is 0. The van der Waals surface area contributed by atoms with E-state index >= 15 is 4.39 Å². The Morgan fingerprint density at radius 1 is 1.06 bits per heavy atom. The molecule has 1 saturated heterocycles. The van der Waals surface area contributed by atoms with Gasteiger partial charge in [0, 0.05) is 69.6 Å². The molecule has 1 saturated carbocycles. The molecule has 2 aliphatic rings. The summed E-state index contributed by atoms with van der Waals surface area (Å²) >= 11 is 0. The first-order valence-corrected chi connectivity index (χ1v) is 11.7. The van der Waals surface area contributed by atoms with Crippen molar-refractivity contribution in [3.05, 3.63) is 69.8 Å². The molecule has 0 spiro atoms. The predicted molar refractivity (Wildman–Crippen MR) is 139 cm³/mol. The Labute approximate surface area is 209 Å². The number of carboxylic acid groups (broad SMARTS) is 1. The molecule has 1 N–H and O–H groups in total. The number of rotatable bonds is 6. The van der Waals surface area contributed by atoms with E-state index in [1.807, 2.05) is 26.2 Å². The van der Waals surface area contributed by atoms with E-state index in [0.717, 1.165) is 51.3 Å². The molecule has 7 nitrogen and oxygen atoms in total. The zero-order chi connectivity index (χ0) is 24.0. The highest BCUT2D eigenvalue weighted by molar-refractivity contribution is 5.94. The first kappa shape index (κ1) is 25.0. The fourth-order valence-electron chi connectivity index (χ4n) is 4.76. The van der Waals surface area contributed by atoms with Crippen LogP contribution >= 0.6 is 12.4 Å². The quantitative estimate of drug-likeness (QED) is 0.516. The van der Waals surface area contributed by atoms with Gasteiger partial charge in [0.15, 0.2) is 5.56 Å². The smallest absolute Gasteiger partial charge is 0.344 e. The Balaban J connectivity index is 0.00000289. The fourth-order valence-corrected chi connectivity index (χ4v) is 4.76. The second-order valence-corrected chi connectivity index (χ2v) is 9.43. The lowest BCUT2D eigenvalue weighted by Crippen LogP contribution is -2.46. The third kappa shape index (κ3) is 4.86. The molecule has 0 amide bonds.